The highest BCUT2D eigenvalue weighted by atomic mass is 35.5. The highest BCUT2D eigenvalue weighted by Gasteiger charge is 2.48. The van der Waals surface area contributed by atoms with Crippen LogP contribution in [0.4, 0.5) is 5.69 Å². The Morgan fingerprint density at radius 1 is 1.10 bits per heavy atom. The third kappa shape index (κ3) is 4.00. The average molecular weight is 426 g/mol. The van der Waals surface area contributed by atoms with E-state index in [0.29, 0.717) is 12.6 Å². The molecule has 0 bridgehead atoms. The number of piperidine rings is 1. The maximum atomic E-state index is 6.16. The van der Waals surface area contributed by atoms with E-state index in [1.807, 2.05) is 12.1 Å². The van der Waals surface area contributed by atoms with E-state index < -0.39 is 0 Å². The quantitative estimate of drug-likeness (QED) is 0.682. The summed E-state index contributed by atoms with van der Waals surface area (Å²) < 4.78 is 0. The average Bonchev–Trinajstić information content (AvgIpc) is 3.00. The number of rotatable bonds is 4. The van der Waals surface area contributed by atoms with Crippen LogP contribution in [-0.4, -0.2) is 36.6 Å². The fourth-order valence-electron chi connectivity index (χ4n) is 5.57. The van der Waals surface area contributed by atoms with Crippen LogP contribution in [0.2, 0.25) is 5.02 Å². The lowest BCUT2D eigenvalue weighted by Gasteiger charge is -2.45. The zero-order chi connectivity index (χ0) is 21.5. The van der Waals surface area contributed by atoms with Crippen LogP contribution in [0.3, 0.4) is 0 Å². The number of hydrogen-bond donors (Lipinski definition) is 1. The van der Waals surface area contributed by atoms with Crippen molar-refractivity contribution in [2.24, 2.45) is 5.73 Å². The summed E-state index contributed by atoms with van der Waals surface area (Å²) in [6.07, 6.45) is 3.45. The van der Waals surface area contributed by atoms with Crippen molar-refractivity contribution in [2.45, 2.75) is 64.0 Å². The van der Waals surface area contributed by atoms with Gasteiger partial charge < -0.3 is 10.6 Å². The fourth-order valence-corrected chi connectivity index (χ4v) is 5.69. The van der Waals surface area contributed by atoms with Gasteiger partial charge in [-0.2, -0.15) is 0 Å². The fraction of sp³-hybridized carbons (Fsp3) is 0.538. The van der Waals surface area contributed by atoms with Gasteiger partial charge in [-0.15, -0.1) is 0 Å². The van der Waals surface area contributed by atoms with Crippen molar-refractivity contribution in [3.8, 4) is 0 Å². The molecule has 0 saturated carbocycles. The van der Waals surface area contributed by atoms with Crippen LogP contribution in [0.25, 0.3) is 0 Å². The second kappa shape index (κ2) is 8.18. The number of anilines is 1. The highest BCUT2D eigenvalue weighted by molar-refractivity contribution is 6.30. The van der Waals surface area contributed by atoms with Gasteiger partial charge in [0.05, 0.1) is 0 Å². The first kappa shape index (κ1) is 21.7. The maximum Gasteiger partial charge on any atom is 0.0410 e. The lowest BCUT2D eigenvalue weighted by Crippen LogP contribution is -2.52. The molecule has 162 valence electrons. The maximum absolute atomic E-state index is 6.16. The minimum Gasteiger partial charge on any atom is -0.366 e. The van der Waals surface area contributed by atoms with Gasteiger partial charge in [0.25, 0.3) is 0 Å². The van der Waals surface area contributed by atoms with Gasteiger partial charge in [-0.1, -0.05) is 41.4 Å². The summed E-state index contributed by atoms with van der Waals surface area (Å²) in [7, 11) is 0. The summed E-state index contributed by atoms with van der Waals surface area (Å²) in [6.45, 7) is 13.2. The van der Waals surface area contributed by atoms with Crippen molar-refractivity contribution < 1.29 is 0 Å². The van der Waals surface area contributed by atoms with Crippen LogP contribution in [-0.2, 0) is 5.41 Å². The van der Waals surface area contributed by atoms with E-state index in [9.17, 15) is 0 Å². The largest absolute Gasteiger partial charge is 0.366 e. The van der Waals surface area contributed by atoms with E-state index in [2.05, 4.69) is 67.8 Å². The molecule has 2 atom stereocenters. The van der Waals surface area contributed by atoms with Gasteiger partial charge in [-0.3, -0.25) is 4.90 Å². The molecule has 4 rings (SSSR count). The Labute approximate surface area is 187 Å². The molecule has 4 heteroatoms. The van der Waals surface area contributed by atoms with E-state index in [-0.39, 0.29) is 11.0 Å². The number of benzene rings is 2. The zero-order valence-corrected chi connectivity index (χ0v) is 19.7. The van der Waals surface area contributed by atoms with Crippen molar-refractivity contribution in [2.75, 3.05) is 31.1 Å². The van der Waals surface area contributed by atoms with Gasteiger partial charge in [0.1, 0.15) is 0 Å². The van der Waals surface area contributed by atoms with Gasteiger partial charge in [0.2, 0.25) is 0 Å². The normalized spacial score (nSPS) is 23.1. The van der Waals surface area contributed by atoms with E-state index in [1.165, 1.54) is 29.7 Å². The predicted octanol–water partition coefficient (Wildman–Crippen LogP) is 5.69. The topological polar surface area (TPSA) is 32.5 Å². The first-order chi connectivity index (χ1) is 14.2. The Balaban J connectivity index is 1.70. The number of aryl methyl sites for hydroxylation is 1. The highest BCUT2D eigenvalue weighted by Crippen LogP contribution is 2.49. The second-order valence-electron chi connectivity index (χ2n) is 10.3. The molecule has 2 heterocycles. The Kier molecular flexibility index (Phi) is 5.91. The number of nitrogens with zero attached hydrogens (tertiary/aromatic N) is 2. The molecule has 1 spiro atoms. The number of nitrogens with two attached hydrogens (primary N) is 1. The minimum absolute atomic E-state index is 0.114. The van der Waals surface area contributed by atoms with E-state index in [0.717, 1.165) is 31.1 Å². The Bertz CT molecular complexity index is 886. The van der Waals surface area contributed by atoms with Crippen LogP contribution in [0.15, 0.2) is 42.5 Å². The number of hydrogen-bond acceptors (Lipinski definition) is 3. The van der Waals surface area contributed by atoms with Crippen LogP contribution < -0.4 is 10.6 Å². The third-order valence-electron chi connectivity index (χ3n) is 7.03. The minimum atomic E-state index is 0.114. The summed E-state index contributed by atoms with van der Waals surface area (Å²) in [5.74, 6) is 0. The van der Waals surface area contributed by atoms with E-state index >= 15 is 0 Å². The lowest BCUT2D eigenvalue weighted by molar-refractivity contribution is 0.102. The molecular weight excluding hydrogens is 390 g/mol. The molecule has 2 aliphatic heterocycles. The SMILES string of the molecule is Cc1ccc2c(c1)[C@@]1(CCCN([C@@H](CCN)c3ccc(Cl)cc3)C1)CN2C(C)(C)C. The summed E-state index contributed by atoms with van der Waals surface area (Å²) in [4.78, 5) is 5.32. The monoisotopic (exact) mass is 425 g/mol. The first-order valence-electron chi connectivity index (χ1n) is 11.3. The number of likely N-dealkylation sites (tertiary alicyclic amines) is 1. The van der Waals surface area contributed by atoms with Crippen molar-refractivity contribution in [3.05, 3.63) is 64.2 Å². The third-order valence-corrected chi connectivity index (χ3v) is 7.28. The van der Waals surface area contributed by atoms with Crippen molar-refractivity contribution in [1.82, 2.24) is 4.90 Å². The molecule has 2 aromatic carbocycles. The second-order valence-corrected chi connectivity index (χ2v) is 10.7. The molecular formula is C26H36ClN3. The van der Waals surface area contributed by atoms with Crippen LogP contribution in [0.1, 0.15) is 62.8 Å². The molecule has 2 N–H and O–H groups in total. The van der Waals surface area contributed by atoms with Crippen molar-refractivity contribution in [1.29, 1.82) is 0 Å². The lowest BCUT2D eigenvalue weighted by atomic mass is 9.74. The summed E-state index contributed by atoms with van der Waals surface area (Å²) >= 11 is 6.16. The molecule has 1 saturated heterocycles. The molecule has 0 aromatic heterocycles. The van der Waals surface area contributed by atoms with Gasteiger partial charge in [0, 0.05) is 40.8 Å². The van der Waals surface area contributed by atoms with Gasteiger partial charge >= 0.3 is 0 Å². The Morgan fingerprint density at radius 2 is 1.83 bits per heavy atom. The molecule has 3 nitrogen and oxygen atoms in total. The Hall–Kier alpha value is -1.55. The molecule has 30 heavy (non-hydrogen) atoms. The van der Waals surface area contributed by atoms with E-state index in [1.54, 1.807) is 5.56 Å². The smallest absolute Gasteiger partial charge is 0.0410 e. The number of halogens is 1. The molecule has 0 radical (unpaired) electrons. The summed E-state index contributed by atoms with van der Waals surface area (Å²) in [5.41, 5.74) is 12.0. The van der Waals surface area contributed by atoms with Gasteiger partial charge in [-0.05, 0) is 89.4 Å². The predicted molar refractivity (Wildman–Crippen MR) is 129 cm³/mol. The van der Waals surface area contributed by atoms with Crippen molar-refractivity contribution in [3.63, 3.8) is 0 Å². The molecule has 0 unspecified atom stereocenters. The molecule has 1 fully saturated rings. The van der Waals surface area contributed by atoms with E-state index in [4.69, 9.17) is 17.3 Å². The summed E-state index contributed by atoms with van der Waals surface area (Å²) in [6, 6.07) is 15.8. The van der Waals surface area contributed by atoms with Crippen LogP contribution in [0.5, 0.6) is 0 Å². The molecule has 2 aliphatic rings. The van der Waals surface area contributed by atoms with Gasteiger partial charge in [0.15, 0.2) is 0 Å². The van der Waals surface area contributed by atoms with Gasteiger partial charge in [-0.25, -0.2) is 0 Å². The van der Waals surface area contributed by atoms with Crippen molar-refractivity contribution >= 4 is 17.3 Å². The molecule has 0 amide bonds. The zero-order valence-electron chi connectivity index (χ0n) is 18.9. The first-order valence-corrected chi connectivity index (χ1v) is 11.7. The molecule has 0 aliphatic carbocycles. The molecule has 2 aromatic rings. The Morgan fingerprint density at radius 3 is 2.50 bits per heavy atom. The standard InChI is InChI=1S/C26H36ClN3/c1-19-6-11-24-22(16-19)26(18-30(24)25(2,3)4)13-5-15-29(17-26)23(12-14-28)20-7-9-21(27)10-8-20/h6-11,16,23H,5,12-15,17-18,28H2,1-4H3/t23-,26+/m0/s1. The van der Waals surface area contributed by atoms with Crippen LogP contribution >= 0.6 is 11.6 Å². The number of fused-ring (bicyclic) bond motifs is 2. The summed E-state index contributed by atoms with van der Waals surface area (Å²) in [5, 5.41) is 0.793. The van der Waals surface area contributed by atoms with Crippen LogP contribution in [0, 0.1) is 6.92 Å².